The average Bonchev–Trinajstić information content (AvgIpc) is 3.26. The number of hydrogen-bond acceptors (Lipinski definition) is 6. The number of nitrogens with zero attached hydrogens (tertiary/aromatic N) is 5. The van der Waals surface area contributed by atoms with Crippen molar-refractivity contribution in [1.82, 2.24) is 20.2 Å². The Hall–Kier alpha value is -2.40. The number of rotatable bonds is 6. The van der Waals surface area contributed by atoms with Crippen molar-refractivity contribution >= 4 is 23.4 Å². The number of aromatic nitrogens is 4. The SMILES string of the molecule is N#Cc1ccc(NC(=O)CSCc2nnnn2C2CCCC2)cc1. The van der Waals surface area contributed by atoms with Crippen LogP contribution in [0.3, 0.4) is 0 Å². The smallest absolute Gasteiger partial charge is 0.234 e. The van der Waals surface area contributed by atoms with Gasteiger partial charge in [-0.1, -0.05) is 12.8 Å². The third kappa shape index (κ3) is 4.11. The highest BCUT2D eigenvalue weighted by molar-refractivity contribution is 7.99. The van der Waals surface area contributed by atoms with Crippen molar-refractivity contribution in [3.8, 4) is 6.07 Å². The molecular formula is C16H18N6OS. The van der Waals surface area contributed by atoms with Gasteiger partial charge in [0.2, 0.25) is 5.91 Å². The van der Waals surface area contributed by atoms with Gasteiger partial charge >= 0.3 is 0 Å². The summed E-state index contributed by atoms with van der Waals surface area (Å²) in [4.78, 5) is 12.0. The molecule has 1 amide bonds. The lowest BCUT2D eigenvalue weighted by Crippen LogP contribution is -2.15. The van der Waals surface area contributed by atoms with Crippen LogP contribution in [0.4, 0.5) is 5.69 Å². The van der Waals surface area contributed by atoms with Crippen LogP contribution in [0.15, 0.2) is 24.3 Å². The molecule has 1 N–H and O–H groups in total. The number of amides is 1. The quantitative estimate of drug-likeness (QED) is 0.866. The van der Waals surface area contributed by atoms with E-state index in [1.807, 2.05) is 10.8 Å². The van der Waals surface area contributed by atoms with Gasteiger partial charge in [-0.05, 0) is 47.5 Å². The molecule has 8 heteroatoms. The van der Waals surface area contributed by atoms with E-state index in [1.165, 1.54) is 24.6 Å². The van der Waals surface area contributed by atoms with Gasteiger partial charge in [-0.15, -0.1) is 16.9 Å². The van der Waals surface area contributed by atoms with E-state index in [2.05, 4.69) is 20.8 Å². The zero-order valence-electron chi connectivity index (χ0n) is 13.2. The van der Waals surface area contributed by atoms with E-state index < -0.39 is 0 Å². The number of carbonyl (C=O) groups is 1. The molecule has 1 aromatic heterocycles. The highest BCUT2D eigenvalue weighted by atomic mass is 32.2. The number of benzene rings is 1. The predicted molar refractivity (Wildman–Crippen MR) is 91.3 cm³/mol. The first kappa shape index (κ1) is 16.5. The van der Waals surface area contributed by atoms with Gasteiger partial charge < -0.3 is 5.32 Å². The van der Waals surface area contributed by atoms with Gasteiger partial charge in [0.05, 0.1) is 29.2 Å². The second-order valence-corrected chi connectivity index (χ2v) is 6.69. The van der Waals surface area contributed by atoms with Crippen molar-refractivity contribution < 1.29 is 4.79 Å². The van der Waals surface area contributed by atoms with Crippen molar-refractivity contribution in [1.29, 1.82) is 5.26 Å². The number of carbonyl (C=O) groups excluding carboxylic acids is 1. The molecule has 3 rings (SSSR count). The Morgan fingerprint density at radius 3 is 2.79 bits per heavy atom. The summed E-state index contributed by atoms with van der Waals surface area (Å²) in [6, 6.07) is 9.26. The summed E-state index contributed by atoms with van der Waals surface area (Å²) < 4.78 is 1.92. The van der Waals surface area contributed by atoms with Gasteiger partial charge in [0.15, 0.2) is 5.82 Å². The van der Waals surface area contributed by atoms with Crippen molar-refractivity contribution in [2.45, 2.75) is 37.5 Å². The van der Waals surface area contributed by atoms with Crippen LogP contribution in [0.2, 0.25) is 0 Å². The molecule has 124 valence electrons. The monoisotopic (exact) mass is 342 g/mol. The minimum atomic E-state index is -0.0791. The molecule has 1 aromatic carbocycles. The number of hydrogen-bond donors (Lipinski definition) is 1. The van der Waals surface area contributed by atoms with Gasteiger partial charge in [-0.2, -0.15) is 5.26 Å². The molecule has 0 aliphatic heterocycles. The lowest BCUT2D eigenvalue weighted by atomic mass is 10.2. The van der Waals surface area contributed by atoms with Crippen LogP contribution in [0, 0.1) is 11.3 Å². The van der Waals surface area contributed by atoms with Crippen LogP contribution in [0.5, 0.6) is 0 Å². The summed E-state index contributed by atoms with van der Waals surface area (Å²) in [5, 5.41) is 23.5. The summed E-state index contributed by atoms with van der Waals surface area (Å²) >= 11 is 1.49. The van der Waals surface area contributed by atoms with Crippen LogP contribution in [-0.4, -0.2) is 31.9 Å². The molecule has 1 saturated carbocycles. The molecule has 1 fully saturated rings. The number of nitrogens with one attached hydrogen (secondary N) is 1. The number of anilines is 1. The standard InChI is InChI=1S/C16H18N6OS/c17-9-12-5-7-13(8-6-12)18-16(23)11-24-10-15-19-20-21-22(15)14-3-1-2-4-14/h5-8,14H,1-4,10-11H2,(H,18,23). The van der Waals surface area contributed by atoms with E-state index in [1.54, 1.807) is 24.3 Å². The first-order valence-corrected chi connectivity index (χ1v) is 9.06. The van der Waals surface area contributed by atoms with Gasteiger partial charge in [-0.25, -0.2) is 4.68 Å². The lowest BCUT2D eigenvalue weighted by Gasteiger charge is -2.11. The Balaban J connectivity index is 1.47. The van der Waals surface area contributed by atoms with E-state index >= 15 is 0 Å². The fraction of sp³-hybridized carbons (Fsp3) is 0.438. The summed E-state index contributed by atoms with van der Waals surface area (Å²) in [5.41, 5.74) is 1.26. The molecule has 1 aliphatic carbocycles. The number of nitriles is 1. The fourth-order valence-corrected chi connectivity index (χ4v) is 3.53. The predicted octanol–water partition coefficient (Wildman–Crippen LogP) is 2.53. The Morgan fingerprint density at radius 2 is 2.08 bits per heavy atom. The van der Waals surface area contributed by atoms with Gasteiger partial charge in [0, 0.05) is 5.69 Å². The summed E-state index contributed by atoms with van der Waals surface area (Å²) in [6.45, 7) is 0. The molecule has 0 saturated heterocycles. The normalized spacial score (nSPS) is 14.5. The molecule has 0 atom stereocenters. The number of thioether (sulfide) groups is 1. The summed E-state index contributed by atoms with van der Waals surface area (Å²) in [6.07, 6.45) is 4.71. The largest absolute Gasteiger partial charge is 0.325 e. The van der Waals surface area contributed by atoms with Crippen molar-refractivity contribution in [3.05, 3.63) is 35.7 Å². The Kier molecular flexibility index (Phi) is 5.43. The van der Waals surface area contributed by atoms with Gasteiger partial charge in [-0.3, -0.25) is 4.79 Å². The summed E-state index contributed by atoms with van der Waals surface area (Å²) in [5.74, 6) is 1.70. The maximum atomic E-state index is 12.0. The van der Waals surface area contributed by atoms with E-state index in [-0.39, 0.29) is 5.91 Å². The van der Waals surface area contributed by atoms with Gasteiger partial charge in [0.25, 0.3) is 0 Å². The molecule has 1 heterocycles. The topological polar surface area (TPSA) is 96.5 Å². The van der Waals surface area contributed by atoms with Crippen LogP contribution in [-0.2, 0) is 10.5 Å². The van der Waals surface area contributed by atoms with Crippen molar-refractivity contribution in [3.63, 3.8) is 0 Å². The molecule has 24 heavy (non-hydrogen) atoms. The van der Waals surface area contributed by atoms with Crippen LogP contribution < -0.4 is 5.32 Å². The average molecular weight is 342 g/mol. The maximum Gasteiger partial charge on any atom is 0.234 e. The highest BCUT2D eigenvalue weighted by Gasteiger charge is 2.21. The Morgan fingerprint density at radius 1 is 1.33 bits per heavy atom. The molecule has 0 bridgehead atoms. The third-order valence-corrected chi connectivity index (χ3v) is 4.92. The fourth-order valence-electron chi connectivity index (χ4n) is 2.80. The molecule has 0 unspecified atom stereocenters. The minimum Gasteiger partial charge on any atom is -0.325 e. The molecule has 0 spiro atoms. The second-order valence-electron chi connectivity index (χ2n) is 5.71. The van der Waals surface area contributed by atoms with Crippen molar-refractivity contribution in [2.24, 2.45) is 0 Å². The Labute approximate surface area is 144 Å². The molecule has 2 aromatic rings. The zero-order chi connectivity index (χ0) is 16.8. The third-order valence-electron chi connectivity index (χ3n) is 3.99. The molecule has 7 nitrogen and oxygen atoms in total. The summed E-state index contributed by atoms with van der Waals surface area (Å²) in [7, 11) is 0. The number of tetrazole rings is 1. The highest BCUT2D eigenvalue weighted by Crippen LogP contribution is 2.29. The molecule has 1 aliphatic rings. The van der Waals surface area contributed by atoms with Crippen LogP contribution in [0.25, 0.3) is 0 Å². The zero-order valence-corrected chi connectivity index (χ0v) is 14.0. The second kappa shape index (κ2) is 7.93. The molecule has 0 radical (unpaired) electrons. The Bertz CT molecular complexity index is 730. The maximum absolute atomic E-state index is 12.0. The first-order valence-electron chi connectivity index (χ1n) is 7.91. The molecular weight excluding hydrogens is 324 g/mol. The lowest BCUT2D eigenvalue weighted by molar-refractivity contribution is -0.113. The van der Waals surface area contributed by atoms with E-state index in [4.69, 9.17) is 5.26 Å². The van der Waals surface area contributed by atoms with Crippen molar-refractivity contribution in [2.75, 3.05) is 11.1 Å². The minimum absolute atomic E-state index is 0.0791. The van der Waals surface area contributed by atoms with E-state index in [9.17, 15) is 4.79 Å². The van der Waals surface area contributed by atoms with Crippen LogP contribution >= 0.6 is 11.8 Å². The van der Waals surface area contributed by atoms with Crippen LogP contribution in [0.1, 0.15) is 43.1 Å². The van der Waals surface area contributed by atoms with E-state index in [0.29, 0.717) is 28.8 Å². The first-order chi connectivity index (χ1) is 11.8. The van der Waals surface area contributed by atoms with Gasteiger partial charge in [0.1, 0.15) is 0 Å². The van der Waals surface area contributed by atoms with E-state index in [0.717, 1.165) is 18.7 Å².